The maximum atomic E-state index is 14.6. The maximum Gasteiger partial charge on any atom is 0.494 e. The van der Waals surface area contributed by atoms with E-state index < -0.39 is 36.4 Å². The van der Waals surface area contributed by atoms with Crippen LogP contribution in [0.4, 0.5) is 17.6 Å². The molecule has 0 bridgehead atoms. The smallest absolute Gasteiger partial charge is 0.485 e. The SMILES string of the molecule is CC1(C)COB(c2cc(F)c3c(c2)OCC(c2ccc(C(F)(F)F)cc2)O3)O1. The second-order valence-electron chi connectivity index (χ2n) is 7.39. The number of ether oxygens (including phenoxy) is 2. The van der Waals surface area contributed by atoms with Crippen molar-refractivity contribution in [3.63, 3.8) is 0 Å². The predicted molar refractivity (Wildman–Crippen MR) is 93.2 cm³/mol. The van der Waals surface area contributed by atoms with Crippen LogP contribution in [0.3, 0.4) is 0 Å². The van der Waals surface area contributed by atoms with Gasteiger partial charge < -0.3 is 18.8 Å². The molecule has 0 amide bonds. The van der Waals surface area contributed by atoms with Gasteiger partial charge in [-0.15, -0.1) is 0 Å². The van der Waals surface area contributed by atoms with Crippen LogP contribution in [-0.4, -0.2) is 25.9 Å². The fraction of sp³-hybridized carbons (Fsp3) is 0.368. The van der Waals surface area contributed by atoms with E-state index in [1.54, 1.807) is 6.07 Å². The number of benzene rings is 2. The molecule has 2 aliphatic heterocycles. The molecule has 2 aromatic carbocycles. The molecule has 1 atom stereocenters. The Morgan fingerprint density at radius 1 is 1.11 bits per heavy atom. The third-order valence-electron chi connectivity index (χ3n) is 4.57. The molecule has 4 rings (SSSR count). The van der Waals surface area contributed by atoms with Gasteiger partial charge in [0, 0.05) is 0 Å². The molecule has 1 fully saturated rings. The molecule has 0 N–H and O–H groups in total. The zero-order valence-corrected chi connectivity index (χ0v) is 15.2. The highest BCUT2D eigenvalue weighted by Crippen LogP contribution is 2.39. The molecule has 2 heterocycles. The Bertz CT molecular complexity index is 883. The first-order valence-electron chi connectivity index (χ1n) is 8.72. The normalized spacial score (nSPS) is 21.1. The lowest BCUT2D eigenvalue weighted by Gasteiger charge is -2.28. The van der Waals surface area contributed by atoms with E-state index in [1.807, 2.05) is 13.8 Å². The Kier molecular flexibility index (Phi) is 4.54. The van der Waals surface area contributed by atoms with Crippen molar-refractivity contribution in [2.75, 3.05) is 13.2 Å². The van der Waals surface area contributed by atoms with E-state index in [4.69, 9.17) is 18.8 Å². The van der Waals surface area contributed by atoms with Gasteiger partial charge in [0.2, 0.25) is 0 Å². The number of fused-ring (bicyclic) bond motifs is 1. The van der Waals surface area contributed by atoms with Crippen LogP contribution in [-0.2, 0) is 15.5 Å². The monoisotopic (exact) mass is 396 g/mol. The lowest BCUT2D eigenvalue weighted by atomic mass is 9.79. The Morgan fingerprint density at radius 3 is 2.43 bits per heavy atom. The quantitative estimate of drug-likeness (QED) is 0.571. The zero-order chi connectivity index (χ0) is 20.1. The molecule has 4 nitrogen and oxygen atoms in total. The molecule has 0 saturated carbocycles. The molecule has 2 aromatic rings. The molecule has 1 saturated heterocycles. The topological polar surface area (TPSA) is 36.9 Å². The first-order chi connectivity index (χ1) is 13.1. The fourth-order valence-corrected chi connectivity index (χ4v) is 3.14. The van der Waals surface area contributed by atoms with E-state index >= 15 is 0 Å². The summed E-state index contributed by atoms with van der Waals surface area (Å²) in [5, 5.41) is 0. The summed E-state index contributed by atoms with van der Waals surface area (Å²) < 4.78 is 75.3. The minimum absolute atomic E-state index is 0.0408. The first-order valence-corrected chi connectivity index (χ1v) is 8.72. The minimum Gasteiger partial charge on any atom is -0.485 e. The van der Waals surface area contributed by atoms with Gasteiger partial charge in [0.1, 0.15) is 6.61 Å². The Labute approximate surface area is 159 Å². The summed E-state index contributed by atoms with van der Waals surface area (Å²) in [6.45, 7) is 4.16. The molecule has 148 valence electrons. The summed E-state index contributed by atoms with van der Waals surface area (Å²) in [6, 6.07) is 7.37. The van der Waals surface area contributed by atoms with Crippen molar-refractivity contribution < 1.29 is 36.3 Å². The van der Waals surface area contributed by atoms with Gasteiger partial charge in [-0.2, -0.15) is 13.2 Å². The molecule has 2 aliphatic rings. The van der Waals surface area contributed by atoms with Crippen LogP contribution in [0.25, 0.3) is 0 Å². The number of rotatable bonds is 2. The van der Waals surface area contributed by atoms with Crippen molar-refractivity contribution >= 4 is 12.6 Å². The van der Waals surface area contributed by atoms with E-state index in [2.05, 4.69) is 0 Å². The van der Waals surface area contributed by atoms with Crippen molar-refractivity contribution in [3.8, 4) is 11.5 Å². The second kappa shape index (κ2) is 6.67. The van der Waals surface area contributed by atoms with Crippen molar-refractivity contribution in [3.05, 3.63) is 53.3 Å². The Hall–Kier alpha value is -2.26. The van der Waals surface area contributed by atoms with Crippen molar-refractivity contribution in [2.45, 2.75) is 31.7 Å². The predicted octanol–water partition coefficient (Wildman–Crippen LogP) is 3.88. The summed E-state index contributed by atoms with van der Waals surface area (Å²) in [5.74, 6) is -0.534. The average molecular weight is 396 g/mol. The van der Waals surface area contributed by atoms with Crippen LogP contribution in [0.5, 0.6) is 11.5 Å². The van der Waals surface area contributed by atoms with E-state index in [0.717, 1.165) is 12.1 Å². The average Bonchev–Trinajstić information content (AvgIpc) is 3.01. The molecular formula is C19H17BF4O4. The van der Waals surface area contributed by atoms with Crippen LogP contribution in [0.2, 0.25) is 0 Å². The summed E-state index contributed by atoms with van der Waals surface area (Å²) in [4.78, 5) is 0. The van der Waals surface area contributed by atoms with Gasteiger partial charge in [-0.3, -0.25) is 0 Å². The van der Waals surface area contributed by atoms with Crippen molar-refractivity contribution in [1.82, 2.24) is 0 Å². The summed E-state index contributed by atoms with van der Waals surface area (Å²) >= 11 is 0. The molecule has 0 radical (unpaired) electrons. The van der Waals surface area contributed by atoms with E-state index in [0.29, 0.717) is 17.6 Å². The fourth-order valence-electron chi connectivity index (χ4n) is 3.14. The maximum absolute atomic E-state index is 14.6. The van der Waals surface area contributed by atoms with Gasteiger partial charge in [-0.1, -0.05) is 12.1 Å². The highest BCUT2D eigenvalue weighted by Gasteiger charge is 2.40. The van der Waals surface area contributed by atoms with Crippen LogP contribution < -0.4 is 14.9 Å². The van der Waals surface area contributed by atoms with Crippen LogP contribution in [0.1, 0.15) is 31.1 Å². The second-order valence-corrected chi connectivity index (χ2v) is 7.39. The van der Waals surface area contributed by atoms with Crippen LogP contribution in [0.15, 0.2) is 36.4 Å². The molecule has 28 heavy (non-hydrogen) atoms. The van der Waals surface area contributed by atoms with Crippen molar-refractivity contribution in [2.24, 2.45) is 0 Å². The number of alkyl halides is 3. The standard InChI is InChI=1S/C19H17BF4O4/c1-18(2)10-26-20(28-18)13-7-14(21)17-15(8-13)25-9-16(27-17)11-3-5-12(6-4-11)19(22,23)24/h3-8,16H,9-10H2,1-2H3. The minimum atomic E-state index is -4.42. The van der Waals surface area contributed by atoms with E-state index in [1.165, 1.54) is 18.2 Å². The zero-order valence-electron chi connectivity index (χ0n) is 15.2. The number of hydrogen-bond acceptors (Lipinski definition) is 4. The molecule has 0 spiro atoms. The molecule has 0 aliphatic carbocycles. The van der Waals surface area contributed by atoms with Crippen LogP contribution >= 0.6 is 0 Å². The molecule has 0 aromatic heterocycles. The first kappa shape index (κ1) is 19.1. The molecule has 9 heteroatoms. The lowest BCUT2D eigenvalue weighted by molar-refractivity contribution is -0.137. The van der Waals surface area contributed by atoms with E-state index in [-0.39, 0.29) is 18.1 Å². The highest BCUT2D eigenvalue weighted by molar-refractivity contribution is 6.62. The lowest BCUT2D eigenvalue weighted by Crippen LogP contribution is -2.35. The molecule has 1 unspecified atom stereocenters. The van der Waals surface area contributed by atoms with Gasteiger partial charge in [0.15, 0.2) is 23.4 Å². The third-order valence-corrected chi connectivity index (χ3v) is 4.57. The third kappa shape index (κ3) is 3.68. The molecular weight excluding hydrogens is 379 g/mol. The number of hydrogen-bond donors (Lipinski definition) is 0. The van der Waals surface area contributed by atoms with Gasteiger partial charge in [-0.05, 0) is 49.1 Å². The summed E-state index contributed by atoms with van der Waals surface area (Å²) in [7, 11) is -0.703. The van der Waals surface area contributed by atoms with Gasteiger partial charge >= 0.3 is 13.3 Å². The Morgan fingerprint density at radius 2 is 1.82 bits per heavy atom. The van der Waals surface area contributed by atoms with E-state index in [9.17, 15) is 17.6 Å². The van der Waals surface area contributed by atoms with Gasteiger partial charge in [0.25, 0.3) is 0 Å². The number of halogens is 4. The van der Waals surface area contributed by atoms with Gasteiger partial charge in [-0.25, -0.2) is 4.39 Å². The Balaban J connectivity index is 1.54. The largest absolute Gasteiger partial charge is 0.494 e. The summed E-state index contributed by atoms with van der Waals surface area (Å²) in [5.41, 5.74) is -0.296. The highest BCUT2D eigenvalue weighted by atomic mass is 19.4. The van der Waals surface area contributed by atoms with Gasteiger partial charge in [0.05, 0.1) is 17.8 Å². The summed E-state index contributed by atoms with van der Waals surface area (Å²) in [6.07, 6.45) is -5.13. The van der Waals surface area contributed by atoms with Crippen molar-refractivity contribution in [1.29, 1.82) is 0 Å². The van der Waals surface area contributed by atoms with Crippen LogP contribution in [0, 0.1) is 5.82 Å².